The molecule has 0 aliphatic rings. The molecule has 34 heavy (non-hydrogen) atoms. The molecule has 0 aliphatic carbocycles. The SMILES string of the molecule is C=C(C)C(=O)OCCOC(=O)C(=C)C.CCCCCCCCCCCCCCCCCCCC. The number of hydrogen-bond acceptors (Lipinski definition) is 4. The Balaban J connectivity index is 0. The van der Waals surface area contributed by atoms with Crippen molar-refractivity contribution in [2.75, 3.05) is 13.2 Å². The van der Waals surface area contributed by atoms with Gasteiger partial charge in [-0.3, -0.25) is 0 Å². The lowest BCUT2D eigenvalue weighted by Crippen LogP contribution is -2.14. The van der Waals surface area contributed by atoms with Crippen LogP contribution in [0.5, 0.6) is 0 Å². The number of esters is 2. The molecule has 0 aliphatic heterocycles. The van der Waals surface area contributed by atoms with Gasteiger partial charge in [0.05, 0.1) is 0 Å². The molecule has 0 amide bonds. The molecule has 0 N–H and O–H groups in total. The Morgan fingerprint density at radius 1 is 0.471 bits per heavy atom. The Labute approximate surface area is 211 Å². The molecule has 0 heterocycles. The van der Waals surface area contributed by atoms with E-state index in [1.807, 2.05) is 0 Å². The maximum atomic E-state index is 10.8. The Morgan fingerprint density at radius 3 is 0.853 bits per heavy atom. The first-order valence-electron chi connectivity index (χ1n) is 14.0. The molecule has 0 rings (SSSR count). The summed E-state index contributed by atoms with van der Waals surface area (Å²) in [4.78, 5) is 21.7. The van der Waals surface area contributed by atoms with Crippen LogP contribution in [0.3, 0.4) is 0 Å². The summed E-state index contributed by atoms with van der Waals surface area (Å²) in [7, 11) is 0. The molecule has 4 heteroatoms. The third kappa shape index (κ3) is 28.5. The third-order valence-corrected chi connectivity index (χ3v) is 5.70. The van der Waals surface area contributed by atoms with E-state index in [0.717, 1.165) is 0 Å². The van der Waals surface area contributed by atoms with E-state index in [1.165, 1.54) is 116 Å². The molecular formula is C30H56O4. The van der Waals surface area contributed by atoms with Crippen LogP contribution >= 0.6 is 0 Å². The minimum Gasteiger partial charge on any atom is -0.459 e. The van der Waals surface area contributed by atoms with Gasteiger partial charge in [0.15, 0.2) is 0 Å². The maximum Gasteiger partial charge on any atom is 0.333 e. The molecular weight excluding hydrogens is 424 g/mol. The normalized spacial score (nSPS) is 10.2. The number of carbonyl (C=O) groups is 2. The molecule has 0 atom stereocenters. The quantitative estimate of drug-likeness (QED) is 0.0880. The zero-order valence-corrected chi connectivity index (χ0v) is 23.2. The monoisotopic (exact) mass is 480 g/mol. The zero-order chi connectivity index (χ0) is 25.9. The molecule has 0 saturated heterocycles. The predicted octanol–water partition coefficient (Wildman–Crippen LogP) is 9.27. The summed E-state index contributed by atoms with van der Waals surface area (Å²) in [6.45, 7) is 14.5. The second kappa shape index (κ2) is 27.7. The Bertz CT molecular complexity index is 464. The third-order valence-electron chi connectivity index (χ3n) is 5.70. The highest BCUT2D eigenvalue weighted by Gasteiger charge is 2.05. The van der Waals surface area contributed by atoms with Crippen LogP contribution in [0.1, 0.15) is 143 Å². The van der Waals surface area contributed by atoms with E-state index >= 15 is 0 Å². The van der Waals surface area contributed by atoms with Gasteiger partial charge in [0.25, 0.3) is 0 Å². The number of carbonyl (C=O) groups excluding carboxylic acids is 2. The van der Waals surface area contributed by atoms with Crippen LogP contribution in [0.15, 0.2) is 24.3 Å². The summed E-state index contributed by atoms with van der Waals surface area (Å²) in [5.41, 5.74) is 0.632. The van der Waals surface area contributed by atoms with Crippen molar-refractivity contribution >= 4 is 11.9 Å². The van der Waals surface area contributed by atoms with Gasteiger partial charge in [0, 0.05) is 11.1 Å². The van der Waals surface area contributed by atoms with E-state index in [4.69, 9.17) is 0 Å². The smallest absolute Gasteiger partial charge is 0.333 e. The minimum absolute atomic E-state index is 0.0325. The first kappa shape index (κ1) is 34.6. The molecule has 0 saturated carbocycles. The average Bonchev–Trinajstić information content (AvgIpc) is 2.81. The minimum atomic E-state index is -0.489. The summed E-state index contributed by atoms with van der Waals surface area (Å²) < 4.78 is 9.38. The largest absolute Gasteiger partial charge is 0.459 e. The van der Waals surface area contributed by atoms with Crippen molar-refractivity contribution in [1.29, 1.82) is 0 Å². The van der Waals surface area contributed by atoms with Gasteiger partial charge in [-0.25, -0.2) is 9.59 Å². The van der Waals surface area contributed by atoms with E-state index in [9.17, 15) is 9.59 Å². The summed E-state index contributed by atoms with van der Waals surface area (Å²) in [5, 5.41) is 0. The molecule has 0 radical (unpaired) electrons. The lowest BCUT2D eigenvalue weighted by molar-refractivity contribution is -0.147. The summed E-state index contributed by atoms with van der Waals surface area (Å²) >= 11 is 0. The first-order valence-corrected chi connectivity index (χ1v) is 14.0. The molecule has 0 aromatic carbocycles. The number of unbranched alkanes of at least 4 members (excludes halogenated alkanes) is 17. The van der Waals surface area contributed by atoms with E-state index in [2.05, 4.69) is 36.5 Å². The van der Waals surface area contributed by atoms with Crippen LogP contribution in [0.4, 0.5) is 0 Å². The van der Waals surface area contributed by atoms with Crippen molar-refractivity contribution in [3.05, 3.63) is 24.3 Å². The van der Waals surface area contributed by atoms with Gasteiger partial charge in [-0.2, -0.15) is 0 Å². The van der Waals surface area contributed by atoms with Gasteiger partial charge in [0.1, 0.15) is 13.2 Å². The number of rotatable bonds is 22. The lowest BCUT2D eigenvalue weighted by atomic mass is 10.0. The second-order valence-electron chi connectivity index (χ2n) is 9.49. The van der Waals surface area contributed by atoms with Gasteiger partial charge in [-0.1, -0.05) is 143 Å². The predicted molar refractivity (Wildman–Crippen MR) is 146 cm³/mol. The van der Waals surface area contributed by atoms with Crippen LogP contribution in [-0.2, 0) is 19.1 Å². The van der Waals surface area contributed by atoms with Crippen LogP contribution < -0.4 is 0 Å². The Morgan fingerprint density at radius 2 is 0.676 bits per heavy atom. The van der Waals surface area contributed by atoms with Crippen molar-refractivity contribution in [2.45, 2.75) is 143 Å². The zero-order valence-electron chi connectivity index (χ0n) is 23.2. The fourth-order valence-electron chi connectivity index (χ4n) is 3.49. The van der Waals surface area contributed by atoms with Gasteiger partial charge in [0.2, 0.25) is 0 Å². The van der Waals surface area contributed by atoms with Gasteiger partial charge in [-0.05, 0) is 13.8 Å². The van der Waals surface area contributed by atoms with Gasteiger partial charge < -0.3 is 9.47 Å². The Hall–Kier alpha value is -1.58. The van der Waals surface area contributed by atoms with Crippen molar-refractivity contribution in [1.82, 2.24) is 0 Å². The molecule has 0 bridgehead atoms. The van der Waals surface area contributed by atoms with Crippen LogP contribution in [0, 0.1) is 0 Å². The van der Waals surface area contributed by atoms with E-state index in [-0.39, 0.29) is 13.2 Å². The number of hydrogen-bond donors (Lipinski definition) is 0. The molecule has 0 unspecified atom stereocenters. The van der Waals surface area contributed by atoms with Crippen molar-refractivity contribution in [3.8, 4) is 0 Å². The Kier molecular flexibility index (Phi) is 28.1. The molecule has 0 spiro atoms. The van der Waals surface area contributed by atoms with Gasteiger partial charge >= 0.3 is 11.9 Å². The first-order chi connectivity index (χ1) is 16.4. The summed E-state index contributed by atoms with van der Waals surface area (Å²) in [5.74, 6) is -0.979. The van der Waals surface area contributed by atoms with Crippen molar-refractivity contribution in [2.24, 2.45) is 0 Å². The van der Waals surface area contributed by atoms with E-state index in [0.29, 0.717) is 11.1 Å². The molecule has 0 aromatic rings. The maximum absolute atomic E-state index is 10.8. The van der Waals surface area contributed by atoms with Crippen molar-refractivity contribution in [3.63, 3.8) is 0 Å². The highest BCUT2D eigenvalue weighted by atomic mass is 16.6. The van der Waals surface area contributed by atoms with Crippen LogP contribution in [0.2, 0.25) is 0 Å². The standard InChI is InChI=1S/C20H42.C10H14O4/c1-3-5-7-9-11-13-15-17-19-20-18-16-14-12-10-8-6-4-2;1-7(2)9(11)13-5-6-14-10(12)8(3)4/h3-20H2,1-2H3;1,3,5-6H2,2,4H3. The fourth-order valence-corrected chi connectivity index (χ4v) is 3.49. The molecule has 0 aromatic heterocycles. The molecule has 0 fully saturated rings. The summed E-state index contributed by atoms with van der Waals surface area (Å²) in [6.07, 6.45) is 26.4. The fraction of sp³-hybridized carbons (Fsp3) is 0.800. The van der Waals surface area contributed by atoms with E-state index in [1.54, 1.807) is 13.8 Å². The van der Waals surface area contributed by atoms with Crippen molar-refractivity contribution < 1.29 is 19.1 Å². The number of ether oxygens (including phenoxy) is 2. The van der Waals surface area contributed by atoms with Crippen LogP contribution in [0.25, 0.3) is 0 Å². The highest BCUT2D eigenvalue weighted by molar-refractivity contribution is 5.87. The van der Waals surface area contributed by atoms with Crippen LogP contribution in [-0.4, -0.2) is 25.2 Å². The van der Waals surface area contributed by atoms with Gasteiger partial charge in [-0.15, -0.1) is 0 Å². The topological polar surface area (TPSA) is 52.6 Å². The average molecular weight is 481 g/mol. The second-order valence-corrected chi connectivity index (χ2v) is 9.49. The highest BCUT2D eigenvalue weighted by Crippen LogP contribution is 2.14. The summed E-state index contributed by atoms with van der Waals surface area (Å²) in [6, 6.07) is 0. The van der Waals surface area contributed by atoms with E-state index < -0.39 is 11.9 Å². The molecule has 200 valence electrons. The molecule has 4 nitrogen and oxygen atoms in total. The lowest BCUT2D eigenvalue weighted by Gasteiger charge is -2.05.